The Kier molecular flexibility index (Phi) is 8.15. The molecule has 4 rings (SSSR count). The molecule has 3 aromatic carbocycles. The Bertz CT molecular complexity index is 1460. The van der Waals surface area contributed by atoms with Crippen LogP contribution in [0, 0.1) is 0 Å². The van der Waals surface area contributed by atoms with E-state index in [1.54, 1.807) is 42.6 Å². The fourth-order valence-electron chi connectivity index (χ4n) is 3.32. The summed E-state index contributed by atoms with van der Waals surface area (Å²) in [6.45, 7) is 1.76. The lowest BCUT2D eigenvalue weighted by atomic mass is 10.2. The number of nitrogens with zero attached hydrogens (tertiary/aromatic N) is 3. The molecule has 7 nitrogen and oxygen atoms in total. The SMILES string of the molecule is CCc1nc2ccc(Br)cc2c(=O)n1N=Cc1cc(Br)c(OCC(=O)Nc2ccccc2)c(Br)c1. The minimum atomic E-state index is -0.275. The second-order valence-corrected chi connectivity index (χ2v) is 10.0. The van der Waals surface area contributed by atoms with Gasteiger partial charge in [0.15, 0.2) is 6.61 Å². The highest BCUT2D eigenvalue weighted by molar-refractivity contribution is 9.11. The van der Waals surface area contributed by atoms with Gasteiger partial charge in [-0.15, -0.1) is 0 Å². The molecule has 0 aliphatic carbocycles. The largest absolute Gasteiger partial charge is 0.481 e. The molecule has 0 bridgehead atoms. The number of anilines is 1. The number of fused-ring (bicyclic) bond motifs is 1. The first kappa shape index (κ1) is 25.3. The Hall–Kier alpha value is -2.82. The second-order valence-electron chi connectivity index (χ2n) is 7.42. The highest BCUT2D eigenvalue weighted by Crippen LogP contribution is 2.34. The van der Waals surface area contributed by atoms with E-state index in [0.717, 1.165) is 4.47 Å². The molecule has 35 heavy (non-hydrogen) atoms. The van der Waals surface area contributed by atoms with E-state index in [-0.39, 0.29) is 18.1 Å². The number of nitrogens with one attached hydrogen (secondary N) is 1. The highest BCUT2D eigenvalue weighted by atomic mass is 79.9. The van der Waals surface area contributed by atoms with Crippen LogP contribution in [0.5, 0.6) is 5.75 Å². The summed E-state index contributed by atoms with van der Waals surface area (Å²) in [6.07, 6.45) is 2.12. The molecule has 0 atom stereocenters. The van der Waals surface area contributed by atoms with E-state index in [0.29, 0.717) is 49.1 Å². The standard InChI is InChI=1S/C25H19Br3N4O3/c1-2-22-31-21-9-8-16(26)12-18(21)25(34)32(22)29-13-15-10-19(27)24(20(28)11-15)35-14-23(33)30-17-6-4-3-5-7-17/h3-13H,2,14H2,1H3,(H,30,33). The topological polar surface area (TPSA) is 85.6 Å². The van der Waals surface area contributed by atoms with Gasteiger partial charge in [0.05, 0.1) is 26.1 Å². The van der Waals surface area contributed by atoms with Crippen molar-refractivity contribution in [2.45, 2.75) is 13.3 Å². The number of rotatable bonds is 7. The van der Waals surface area contributed by atoms with Crippen molar-refractivity contribution in [2.24, 2.45) is 5.10 Å². The van der Waals surface area contributed by atoms with Gasteiger partial charge in [-0.05, 0) is 79.9 Å². The Labute approximate surface area is 226 Å². The van der Waals surface area contributed by atoms with Crippen LogP contribution in [0.1, 0.15) is 18.3 Å². The average Bonchev–Trinajstić information content (AvgIpc) is 2.83. The van der Waals surface area contributed by atoms with E-state index in [9.17, 15) is 9.59 Å². The van der Waals surface area contributed by atoms with Crippen molar-refractivity contribution < 1.29 is 9.53 Å². The van der Waals surface area contributed by atoms with E-state index >= 15 is 0 Å². The fourth-order valence-corrected chi connectivity index (χ4v) is 5.13. The minimum Gasteiger partial charge on any atom is -0.481 e. The predicted octanol–water partition coefficient (Wildman–Crippen LogP) is 6.15. The van der Waals surface area contributed by atoms with E-state index in [1.807, 2.05) is 31.2 Å². The molecule has 0 radical (unpaired) electrons. The molecule has 0 saturated carbocycles. The molecule has 1 N–H and O–H groups in total. The maximum atomic E-state index is 13.1. The van der Waals surface area contributed by atoms with Crippen LogP contribution in [0.25, 0.3) is 10.9 Å². The molecule has 0 aliphatic rings. The molecule has 0 unspecified atom stereocenters. The Morgan fingerprint density at radius 3 is 2.49 bits per heavy atom. The van der Waals surface area contributed by atoms with E-state index in [4.69, 9.17) is 4.74 Å². The van der Waals surface area contributed by atoms with Crippen LogP contribution < -0.4 is 15.6 Å². The van der Waals surface area contributed by atoms with Crippen molar-refractivity contribution >= 4 is 76.5 Å². The van der Waals surface area contributed by atoms with Gasteiger partial charge in [-0.25, -0.2) is 4.98 Å². The zero-order valence-electron chi connectivity index (χ0n) is 18.5. The van der Waals surface area contributed by atoms with E-state index in [1.165, 1.54) is 4.68 Å². The van der Waals surface area contributed by atoms with Gasteiger partial charge in [-0.3, -0.25) is 9.59 Å². The summed E-state index contributed by atoms with van der Waals surface area (Å²) < 4.78 is 9.08. The first-order valence-corrected chi connectivity index (χ1v) is 13.0. The lowest BCUT2D eigenvalue weighted by molar-refractivity contribution is -0.118. The monoisotopic (exact) mass is 660 g/mol. The number of benzene rings is 3. The quantitative estimate of drug-likeness (QED) is 0.241. The third-order valence-electron chi connectivity index (χ3n) is 4.94. The molecule has 1 heterocycles. The molecule has 4 aromatic rings. The third-order valence-corrected chi connectivity index (χ3v) is 6.61. The summed E-state index contributed by atoms with van der Waals surface area (Å²) in [5.74, 6) is 0.764. The van der Waals surface area contributed by atoms with Crippen LogP contribution >= 0.6 is 47.8 Å². The van der Waals surface area contributed by atoms with Crippen molar-refractivity contribution in [3.8, 4) is 5.75 Å². The Morgan fingerprint density at radius 1 is 1.09 bits per heavy atom. The minimum absolute atomic E-state index is 0.160. The molecule has 0 saturated heterocycles. The number of amides is 1. The van der Waals surface area contributed by atoms with Crippen molar-refractivity contribution in [3.63, 3.8) is 0 Å². The van der Waals surface area contributed by atoms with Gasteiger partial charge in [0, 0.05) is 16.6 Å². The molecule has 178 valence electrons. The first-order chi connectivity index (χ1) is 16.9. The summed E-state index contributed by atoms with van der Waals surface area (Å²) in [4.78, 5) is 29.9. The molecule has 1 aromatic heterocycles. The summed E-state index contributed by atoms with van der Waals surface area (Å²) in [6, 6.07) is 18.1. The number of ether oxygens (including phenoxy) is 1. The molecular formula is C25H19Br3N4O3. The maximum Gasteiger partial charge on any atom is 0.282 e. The Balaban J connectivity index is 1.54. The summed E-state index contributed by atoms with van der Waals surface area (Å²) in [5, 5.41) is 7.67. The maximum absolute atomic E-state index is 13.1. The highest BCUT2D eigenvalue weighted by Gasteiger charge is 2.13. The van der Waals surface area contributed by atoms with Gasteiger partial charge in [0.2, 0.25) is 0 Å². The lowest BCUT2D eigenvalue weighted by Gasteiger charge is -2.12. The number of hydrogen-bond donors (Lipinski definition) is 1. The summed E-state index contributed by atoms with van der Waals surface area (Å²) >= 11 is 10.4. The van der Waals surface area contributed by atoms with Gasteiger partial charge in [0.1, 0.15) is 11.6 Å². The number of halogens is 3. The number of aryl methyl sites for hydroxylation is 1. The van der Waals surface area contributed by atoms with E-state index < -0.39 is 0 Å². The van der Waals surface area contributed by atoms with Crippen LogP contribution in [0.15, 0.2) is 84.0 Å². The zero-order valence-corrected chi connectivity index (χ0v) is 23.2. The van der Waals surface area contributed by atoms with Crippen LogP contribution in [-0.2, 0) is 11.2 Å². The van der Waals surface area contributed by atoms with Gasteiger partial charge < -0.3 is 10.1 Å². The molecular weight excluding hydrogens is 644 g/mol. The van der Waals surface area contributed by atoms with E-state index in [2.05, 4.69) is 63.2 Å². The number of aromatic nitrogens is 2. The number of hydrogen-bond acceptors (Lipinski definition) is 5. The van der Waals surface area contributed by atoms with Crippen molar-refractivity contribution in [1.82, 2.24) is 9.66 Å². The summed E-state index contributed by atoms with van der Waals surface area (Å²) in [5.41, 5.74) is 1.80. The van der Waals surface area contributed by atoms with Gasteiger partial charge in [0.25, 0.3) is 11.5 Å². The zero-order chi connectivity index (χ0) is 24.9. The van der Waals surface area contributed by atoms with Crippen LogP contribution in [0.3, 0.4) is 0 Å². The van der Waals surface area contributed by atoms with Crippen LogP contribution in [-0.4, -0.2) is 28.4 Å². The molecule has 1 amide bonds. The Morgan fingerprint density at radius 2 is 1.80 bits per heavy atom. The summed E-state index contributed by atoms with van der Waals surface area (Å²) in [7, 11) is 0. The third kappa shape index (κ3) is 6.06. The van der Waals surface area contributed by atoms with Crippen molar-refractivity contribution in [2.75, 3.05) is 11.9 Å². The average molecular weight is 663 g/mol. The number of carbonyl (C=O) groups excluding carboxylic acids is 1. The number of carbonyl (C=O) groups is 1. The molecule has 10 heteroatoms. The van der Waals surface area contributed by atoms with Crippen LogP contribution in [0.2, 0.25) is 0 Å². The fraction of sp³-hybridized carbons (Fsp3) is 0.120. The lowest BCUT2D eigenvalue weighted by Crippen LogP contribution is -2.22. The second kappa shape index (κ2) is 11.3. The van der Waals surface area contributed by atoms with Gasteiger partial charge in [-0.1, -0.05) is 41.1 Å². The predicted molar refractivity (Wildman–Crippen MR) is 148 cm³/mol. The first-order valence-electron chi connectivity index (χ1n) is 10.6. The smallest absolute Gasteiger partial charge is 0.282 e. The van der Waals surface area contributed by atoms with Crippen molar-refractivity contribution in [1.29, 1.82) is 0 Å². The molecule has 0 aliphatic heterocycles. The van der Waals surface area contributed by atoms with Gasteiger partial charge >= 0.3 is 0 Å². The normalized spacial score (nSPS) is 11.2. The van der Waals surface area contributed by atoms with Crippen LogP contribution in [0.4, 0.5) is 5.69 Å². The molecule has 0 fully saturated rings. The van der Waals surface area contributed by atoms with Crippen molar-refractivity contribution in [3.05, 3.63) is 95.8 Å². The van der Waals surface area contributed by atoms with Gasteiger partial charge in [-0.2, -0.15) is 9.78 Å². The number of para-hydroxylation sites is 1. The molecule has 0 spiro atoms.